The molecule has 5 N–H and O–H groups in total. The molecule has 3 aliphatic heterocycles. The smallest absolute Gasteiger partial charge is 0.397 e. The summed E-state index contributed by atoms with van der Waals surface area (Å²) in [6.07, 6.45) is 2.60. The zero-order chi connectivity index (χ0) is 35.0. The Kier molecular flexibility index (Phi) is 12.2. The fourth-order valence-corrected chi connectivity index (χ4v) is 5.45. The van der Waals surface area contributed by atoms with E-state index in [2.05, 4.69) is 15.2 Å². The molecule has 0 bridgehead atoms. The van der Waals surface area contributed by atoms with Crippen molar-refractivity contribution < 1.29 is 27.1 Å². The molecule has 48 heavy (non-hydrogen) atoms. The Morgan fingerprint density at radius 2 is 1.73 bits per heavy atom. The van der Waals surface area contributed by atoms with E-state index in [0.29, 0.717) is 63.3 Å². The second kappa shape index (κ2) is 16.1. The normalized spacial score (nSPS) is 17.6. The van der Waals surface area contributed by atoms with Gasteiger partial charge in [0.1, 0.15) is 0 Å². The first-order valence-corrected chi connectivity index (χ1v) is 15.9. The number of piperazine rings is 1. The Labute approximate surface area is 279 Å². The average Bonchev–Trinajstić information content (AvgIpc) is 3.33. The number of halogens is 4. The van der Waals surface area contributed by atoms with Crippen molar-refractivity contribution in [1.82, 2.24) is 9.80 Å². The Balaban J connectivity index is 0.00000255. The van der Waals surface area contributed by atoms with E-state index < -0.39 is 23.5 Å². The van der Waals surface area contributed by atoms with E-state index in [9.17, 15) is 18.0 Å². The lowest BCUT2D eigenvalue weighted by Crippen LogP contribution is -2.45. The van der Waals surface area contributed by atoms with Gasteiger partial charge in [-0.3, -0.25) is 14.8 Å². The fourth-order valence-electron chi connectivity index (χ4n) is 5.45. The number of likely N-dealkylation sites (N-methyl/N-ethyl adjacent to an activating group) is 1. The molecule has 3 aliphatic rings. The minimum Gasteiger partial charge on any atom is -0.397 e. The summed E-state index contributed by atoms with van der Waals surface area (Å²) in [5, 5.41) is 3.80. The van der Waals surface area contributed by atoms with Crippen molar-refractivity contribution in [2.45, 2.75) is 33.4 Å². The number of rotatable bonds is 7. The van der Waals surface area contributed by atoms with Gasteiger partial charge in [-0.25, -0.2) is 10.2 Å². The number of alkyl halides is 3. The van der Waals surface area contributed by atoms with Gasteiger partial charge in [0.05, 0.1) is 41.5 Å². The SMILES string of the molecule is CC.Cc1ccc(C(=O)Nc2cc(N3CCN(C)CC3)c(F)c(C(F)(F)F)c2)cc1N(N)/C=C(\N)C1=CN=CC(N2CCOCC2)=CC1. The second-order valence-corrected chi connectivity index (χ2v) is 11.5. The minimum atomic E-state index is -4.95. The van der Waals surface area contributed by atoms with Crippen molar-refractivity contribution in [2.24, 2.45) is 16.6 Å². The number of anilines is 3. The van der Waals surface area contributed by atoms with Crippen LogP contribution in [0, 0.1) is 12.7 Å². The first-order chi connectivity index (χ1) is 22.9. The quantitative estimate of drug-likeness (QED) is 0.208. The molecular formula is C34H44F4N8O2. The van der Waals surface area contributed by atoms with E-state index in [1.54, 1.807) is 30.3 Å². The molecule has 0 spiro atoms. The van der Waals surface area contributed by atoms with Gasteiger partial charge in [0.2, 0.25) is 0 Å². The lowest BCUT2D eigenvalue weighted by molar-refractivity contribution is -0.139. The molecule has 2 aromatic carbocycles. The predicted molar refractivity (Wildman–Crippen MR) is 182 cm³/mol. The number of aryl methyl sites for hydroxylation is 1. The molecule has 3 heterocycles. The maximum Gasteiger partial charge on any atom is 0.419 e. The zero-order valence-electron chi connectivity index (χ0n) is 27.8. The van der Waals surface area contributed by atoms with E-state index in [4.69, 9.17) is 16.3 Å². The maximum atomic E-state index is 15.1. The predicted octanol–water partition coefficient (Wildman–Crippen LogP) is 5.24. The molecule has 0 unspecified atom stereocenters. The summed E-state index contributed by atoms with van der Waals surface area (Å²) in [6, 6.07) is 6.57. The van der Waals surface area contributed by atoms with Crippen LogP contribution in [-0.2, 0) is 10.9 Å². The Morgan fingerprint density at radius 1 is 1.04 bits per heavy atom. The van der Waals surface area contributed by atoms with Gasteiger partial charge in [-0.05, 0) is 55.8 Å². The molecule has 10 nitrogen and oxygen atoms in total. The van der Waals surface area contributed by atoms with Crippen molar-refractivity contribution in [1.29, 1.82) is 0 Å². The highest BCUT2D eigenvalue weighted by Crippen LogP contribution is 2.38. The van der Waals surface area contributed by atoms with Gasteiger partial charge in [0, 0.05) is 69.1 Å². The van der Waals surface area contributed by atoms with Crippen LogP contribution in [0.15, 0.2) is 70.8 Å². The Bertz CT molecular complexity index is 1570. The molecule has 1 amide bonds. The molecule has 0 saturated carbocycles. The average molecular weight is 673 g/mol. The summed E-state index contributed by atoms with van der Waals surface area (Å²) in [6.45, 7) is 10.5. The number of carbonyl (C=O) groups excluding carboxylic acids is 1. The second-order valence-electron chi connectivity index (χ2n) is 11.5. The van der Waals surface area contributed by atoms with Gasteiger partial charge in [0.15, 0.2) is 5.82 Å². The molecule has 260 valence electrons. The van der Waals surface area contributed by atoms with Crippen LogP contribution in [0.2, 0.25) is 0 Å². The Morgan fingerprint density at radius 3 is 2.40 bits per heavy atom. The Hall–Kier alpha value is -4.40. The summed E-state index contributed by atoms with van der Waals surface area (Å²) < 4.78 is 62.0. The van der Waals surface area contributed by atoms with Crippen molar-refractivity contribution in [3.05, 3.63) is 88.3 Å². The molecule has 0 radical (unpaired) electrons. The first-order valence-electron chi connectivity index (χ1n) is 15.9. The molecule has 0 aromatic heterocycles. The van der Waals surface area contributed by atoms with Crippen LogP contribution in [0.3, 0.4) is 0 Å². The van der Waals surface area contributed by atoms with Crippen LogP contribution in [0.25, 0.3) is 0 Å². The lowest BCUT2D eigenvalue weighted by atomic mass is 10.1. The molecule has 14 heteroatoms. The molecule has 2 saturated heterocycles. The highest BCUT2D eigenvalue weighted by Gasteiger charge is 2.37. The molecule has 0 aliphatic carbocycles. The number of morpholine rings is 1. The van der Waals surface area contributed by atoms with Gasteiger partial charge in [-0.15, -0.1) is 0 Å². The molecule has 5 rings (SSSR count). The fraction of sp³-hybridized carbons (Fsp3) is 0.412. The van der Waals surface area contributed by atoms with Crippen molar-refractivity contribution in [3.63, 3.8) is 0 Å². The number of ether oxygens (including phenoxy) is 1. The third-order valence-corrected chi connectivity index (χ3v) is 8.20. The number of benzene rings is 2. The van der Waals surface area contributed by atoms with Crippen LogP contribution in [0.5, 0.6) is 0 Å². The van der Waals surface area contributed by atoms with Crippen LogP contribution in [0.1, 0.15) is 41.8 Å². The van der Waals surface area contributed by atoms with Crippen molar-refractivity contribution in [3.8, 4) is 0 Å². The van der Waals surface area contributed by atoms with E-state index in [0.717, 1.165) is 29.9 Å². The monoisotopic (exact) mass is 672 g/mol. The number of hydrazine groups is 1. The van der Waals surface area contributed by atoms with Gasteiger partial charge >= 0.3 is 6.18 Å². The number of allylic oxidation sites excluding steroid dienone is 3. The summed E-state index contributed by atoms with van der Waals surface area (Å²) in [4.78, 5) is 23.5. The third kappa shape index (κ3) is 8.94. The number of hydrogen-bond donors (Lipinski definition) is 3. The van der Waals surface area contributed by atoms with Gasteiger partial charge in [-0.1, -0.05) is 26.0 Å². The third-order valence-electron chi connectivity index (χ3n) is 8.20. The highest BCUT2D eigenvalue weighted by molar-refractivity contribution is 6.05. The van der Waals surface area contributed by atoms with Gasteiger partial charge in [-0.2, -0.15) is 13.2 Å². The number of nitrogens with two attached hydrogens (primary N) is 2. The summed E-state index contributed by atoms with van der Waals surface area (Å²) in [5.74, 6) is 4.33. The number of nitrogens with one attached hydrogen (secondary N) is 1. The van der Waals surface area contributed by atoms with E-state index >= 15 is 4.39 Å². The zero-order valence-corrected chi connectivity index (χ0v) is 27.8. The lowest BCUT2D eigenvalue weighted by Gasteiger charge is -2.34. The number of amides is 1. The molecule has 2 fully saturated rings. The standard InChI is InChI=1S/C32H38F4N8O2.C2H6/c1-21-3-4-22(15-28(21)44(38)20-27(37)23-5-6-25(19-39-18-23)42-11-13-46-14-12-42)31(45)40-24-16-26(32(34,35)36)30(33)29(17-24)43-9-7-41(2)8-10-43;1-2/h3-4,6,15-20H,5,7-14,37-38H2,1-2H3,(H,40,45);1-2H3/b27-20-;. The highest BCUT2D eigenvalue weighted by atomic mass is 19.4. The first kappa shape index (κ1) is 36.4. The van der Waals surface area contributed by atoms with Crippen molar-refractivity contribution >= 4 is 29.2 Å². The number of carbonyl (C=O) groups is 1. The number of aliphatic imine (C=N–C) groups is 1. The van der Waals surface area contributed by atoms with Gasteiger partial charge in [0.25, 0.3) is 5.91 Å². The van der Waals surface area contributed by atoms with E-state index in [1.165, 1.54) is 29.4 Å². The molecule has 0 atom stereocenters. The number of nitrogens with zero attached hydrogens (tertiary/aromatic N) is 5. The van der Waals surface area contributed by atoms with Gasteiger partial charge < -0.3 is 30.5 Å². The van der Waals surface area contributed by atoms with E-state index in [-0.39, 0.29) is 16.9 Å². The van der Waals surface area contributed by atoms with Crippen LogP contribution < -0.4 is 26.8 Å². The minimum absolute atomic E-state index is 0.137. The topological polar surface area (TPSA) is 116 Å². The van der Waals surface area contributed by atoms with Crippen molar-refractivity contribution in [2.75, 3.05) is 74.8 Å². The van der Waals surface area contributed by atoms with Crippen LogP contribution in [-0.4, -0.2) is 81.5 Å². The van der Waals surface area contributed by atoms with Crippen LogP contribution in [0.4, 0.5) is 34.6 Å². The largest absolute Gasteiger partial charge is 0.419 e. The molecular weight excluding hydrogens is 628 g/mol. The number of hydrogen-bond acceptors (Lipinski definition) is 9. The van der Waals surface area contributed by atoms with Crippen LogP contribution >= 0.6 is 0 Å². The summed E-state index contributed by atoms with van der Waals surface area (Å²) >= 11 is 0. The maximum absolute atomic E-state index is 15.1. The van der Waals surface area contributed by atoms with E-state index in [1.807, 2.05) is 31.9 Å². The summed E-state index contributed by atoms with van der Waals surface area (Å²) in [5.41, 5.74) is 7.99. The summed E-state index contributed by atoms with van der Waals surface area (Å²) in [7, 11) is 1.89. The molecule has 2 aromatic rings.